The summed E-state index contributed by atoms with van der Waals surface area (Å²) in [6, 6.07) is 3.31. The van der Waals surface area contributed by atoms with Crippen molar-refractivity contribution >= 4 is 0 Å². The summed E-state index contributed by atoms with van der Waals surface area (Å²) >= 11 is 0. The second-order valence-corrected chi connectivity index (χ2v) is 11.7. The average Bonchev–Trinajstić information content (AvgIpc) is 3.28. The lowest BCUT2D eigenvalue weighted by atomic mass is 9.75. The van der Waals surface area contributed by atoms with Gasteiger partial charge in [0, 0.05) is 17.0 Å². The molecule has 5 heteroatoms. The Morgan fingerprint density at radius 2 is 1.46 bits per heavy atom. The first-order valence-corrected chi connectivity index (χ1v) is 14.5. The van der Waals surface area contributed by atoms with Crippen molar-refractivity contribution in [3.05, 3.63) is 57.7 Å². The molecule has 0 bridgehead atoms. The molecular formula is C32H40F4O. The fourth-order valence-corrected chi connectivity index (χ4v) is 7.13. The fraction of sp³-hybridized carbons (Fsp3) is 0.625. The van der Waals surface area contributed by atoms with Crippen LogP contribution in [0.25, 0.3) is 11.1 Å². The van der Waals surface area contributed by atoms with E-state index in [1.54, 1.807) is 12.1 Å². The van der Waals surface area contributed by atoms with Gasteiger partial charge in [-0.1, -0.05) is 70.9 Å². The molecule has 3 aliphatic rings. The second-order valence-electron chi connectivity index (χ2n) is 11.7. The molecule has 1 aliphatic heterocycles. The number of benzene rings is 2. The lowest BCUT2D eigenvalue weighted by Crippen LogP contribution is -2.34. The van der Waals surface area contributed by atoms with Crippen LogP contribution in [0.1, 0.15) is 113 Å². The van der Waals surface area contributed by atoms with Gasteiger partial charge in [-0.05, 0) is 72.6 Å². The first-order chi connectivity index (χ1) is 17.9. The van der Waals surface area contributed by atoms with Gasteiger partial charge in [-0.15, -0.1) is 0 Å². The summed E-state index contributed by atoms with van der Waals surface area (Å²) in [5.41, 5.74) is 1.48. The van der Waals surface area contributed by atoms with Crippen LogP contribution in [0, 0.1) is 35.1 Å². The molecule has 2 atom stereocenters. The minimum atomic E-state index is -1.06. The highest BCUT2D eigenvalue weighted by molar-refractivity contribution is 5.79. The lowest BCUT2D eigenvalue weighted by molar-refractivity contribution is -0.0441. The van der Waals surface area contributed by atoms with Crippen LogP contribution in [0.2, 0.25) is 0 Å². The number of fused-ring (bicyclic) bond motifs is 3. The molecule has 37 heavy (non-hydrogen) atoms. The second kappa shape index (κ2) is 11.5. The molecular weight excluding hydrogens is 476 g/mol. The minimum absolute atomic E-state index is 0.110. The van der Waals surface area contributed by atoms with Crippen LogP contribution >= 0.6 is 0 Å². The zero-order valence-corrected chi connectivity index (χ0v) is 22.3. The number of unbranched alkanes of at least 4 members (excludes halogenated alkanes) is 2. The number of rotatable bonds is 8. The molecule has 1 nitrogen and oxygen atoms in total. The number of aryl methyl sites for hydroxylation is 1. The van der Waals surface area contributed by atoms with E-state index in [4.69, 9.17) is 4.74 Å². The summed E-state index contributed by atoms with van der Waals surface area (Å²) in [5, 5.41) is 0. The van der Waals surface area contributed by atoms with Gasteiger partial charge in [0.1, 0.15) is 0 Å². The van der Waals surface area contributed by atoms with Crippen LogP contribution in [-0.4, -0.2) is 12.7 Å². The predicted octanol–water partition coefficient (Wildman–Crippen LogP) is 9.42. The van der Waals surface area contributed by atoms with Gasteiger partial charge in [-0.3, -0.25) is 0 Å². The molecule has 2 aromatic rings. The van der Waals surface area contributed by atoms with Crippen molar-refractivity contribution in [2.45, 2.75) is 109 Å². The highest BCUT2D eigenvalue weighted by Gasteiger charge is 2.36. The Balaban J connectivity index is 1.26. The van der Waals surface area contributed by atoms with Crippen molar-refractivity contribution in [2.24, 2.45) is 11.8 Å². The summed E-state index contributed by atoms with van der Waals surface area (Å²) in [6.45, 7) is 4.53. The van der Waals surface area contributed by atoms with Crippen LogP contribution in [0.5, 0.6) is 0 Å². The van der Waals surface area contributed by atoms with Gasteiger partial charge in [-0.25, -0.2) is 17.6 Å². The standard InChI is InChI=1S/C32H40F4O/c1-3-5-6-8-19-9-11-20(12-10-19)26-14-13-22(18-37-26)25-17-24-16-23-15-21(7-4-2)29(33)31(35)27(23)28(24)32(36)30(25)34/h15,17,19-20,22,26H,3-14,16,18H2,1-2H3. The van der Waals surface area contributed by atoms with E-state index in [1.807, 2.05) is 6.92 Å². The van der Waals surface area contributed by atoms with Crippen molar-refractivity contribution in [3.63, 3.8) is 0 Å². The van der Waals surface area contributed by atoms with Crippen molar-refractivity contribution in [2.75, 3.05) is 6.61 Å². The van der Waals surface area contributed by atoms with E-state index < -0.39 is 23.3 Å². The van der Waals surface area contributed by atoms with Crippen LogP contribution in [0.3, 0.4) is 0 Å². The summed E-state index contributed by atoms with van der Waals surface area (Å²) in [5.74, 6) is -2.81. The Morgan fingerprint density at radius 1 is 0.757 bits per heavy atom. The van der Waals surface area contributed by atoms with E-state index in [-0.39, 0.29) is 23.1 Å². The summed E-state index contributed by atoms with van der Waals surface area (Å²) in [7, 11) is 0. The van der Waals surface area contributed by atoms with Crippen LogP contribution in [-0.2, 0) is 17.6 Å². The molecule has 0 spiro atoms. The van der Waals surface area contributed by atoms with Crippen molar-refractivity contribution in [3.8, 4) is 11.1 Å². The lowest BCUT2D eigenvalue weighted by Gasteiger charge is -2.38. The Hall–Kier alpha value is -1.88. The largest absolute Gasteiger partial charge is 0.377 e. The molecule has 2 aliphatic carbocycles. The van der Waals surface area contributed by atoms with Gasteiger partial charge < -0.3 is 4.74 Å². The maximum absolute atomic E-state index is 15.4. The van der Waals surface area contributed by atoms with E-state index in [9.17, 15) is 8.78 Å². The molecule has 1 saturated heterocycles. The molecule has 2 fully saturated rings. The third-order valence-electron chi connectivity index (χ3n) is 9.21. The van der Waals surface area contributed by atoms with Gasteiger partial charge in [0.15, 0.2) is 23.3 Å². The summed E-state index contributed by atoms with van der Waals surface area (Å²) < 4.78 is 66.6. The highest BCUT2D eigenvalue weighted by atomic mass is 19.2. The smallest absolute Gasteiger partial charge is 0.167 e. The van der Waals surface area contributed by atoms with E-state index >= 15 is 8.78 Å². The third kappa shape index (κ3) is 5.22. The quantitative estimate of drug-likeness (QED) is 0.214. The SMILES string of the molecule is CCCCCC1CCC(C2CCC(c3cc4c(c(F)c3F)-c3c(cc(CCC)c(F)c3F)C4)CO2)CC1. The molecule has 202 valence electrons. The average molecular weight is 517 g/mol. The molecule has 5 rings (SSSR count). The first-order valence-electron chi connectivity index (χ1n) is 14.5. The third-order valence-corrected chi connectivity index (χ3v) is 9.21. The number of ether oxygens (including phenoxy) is 1. The molecule has 0 aromatic heterocycles. The van der Waals surface area contributed by atoms with Crippen molar-refractivity contribution in [1.82, 2.24) is 0 Å². The molecule has 0 N–H and O–H groups in total. The molecule has 2 aromatic carbocycles. The van der Waals surface area contributed by atoms with Crippen LogP contribution < -0.4 is 0 Å². The normalized spacial score (nSPS) is 25.2. The predicted molar refractivity (Wildman–Crippen MR) is 140 cm³/mol. The maximum atomic E-state index is 15.4. The van der Waals surface area contributed by atoms with E-state index in [0.717, 1.165) is 18.8 Å². The molecule has 1 saturated carbocycles. The van der Waals surface area contributed by atoms with Crippen molar-refractivity contribution in [1.29, 1.82) is 0 Å². The van der Waals surface area contributed by atoms with Gasteiger partial charge in [0.05, 0.1) is 12.7 Å². The van der Waals surface area contributed by atoms with Gasteiger partial charge >= 0.3 is 0 Å². The van der Waals surface area contributed by atoms with Gasteiger partial charge in [0.25, 0.3) is 0 Å². The Labute approximate surface area is 219 Å². The zero-order valence-electron chi connectivity index (χ0n) is 22.3. The number of hydrogen-bond donors (Lipinski definition) is 0. The Kier molecular flexibility index (Phi) is 8.28. The van der Waals surface area contributed by atoms with E-state index in [1.165, 1.54) is 51.4 Å². The van der Waals surface area contributed by atoms with E-state index in [2.05, 4.69) is 6.92 Å². The monoisotopic (exact) mass is 516 g/mol. The zero-order chi connectivity index (χ0) is 26.1. The van der Waals surface area contributed by atoms with Crippen LogP contribution in [0.4, 0.5) is 17.6 Å². The highest BCUT2D eigenvalue weighted by Crippen LogP contribution is 2.46. The van der Waals surface area contributed by atoms with Crippen molar-refractivity contribution < 1.29 is 22.3 Å². The first kappa shape index (κ1) is 26.7. The topological polar surface area (TPSA) is 9.23 Å². The Bertz CT molecular complexity index is 1110. The molecule has 2 unspecified atom stereocenters. The molecule has 1 heterocycles. The summed E-state index contributed by atoms with van der Waals surface area (Å²) in [4.78, 5) is 0. The molecule has 0 radical (unpaired) electrons. The van der Waals surface area contributed by atoms with Gasteiger partial charge in [0.2, 0.25) is 0 Å². The summed E-state index contributed by atoms with van der Waals surface area (Å²) in [6.07, 6.45) is 13.4. The van der Waals surface area contributed by atoms with Gasteiger partial charge in [-0.2, -0.15) is 0 Å². The maximum Gasteiger partial charge on any atom is 0.167 e. The minimum Gasteiger partial charge on any atom is -0.377 e. The van der Waals surface area contributed by atoms with Crippen LogP contribution in [0.15, 0.2) is 12.1 Å². The fourth-order valence-electron chi connectivity index (χ4n) is 7.13. The number of halogens is 4. The molecule has 0 amide bonds. The Morgan fingerprint density at radius 3 is 2.11 bits per heavy atom. The number of hydrogen-bond acceptors (Lipinski definition) is 1. The van der Waals surface area contributed by atoms with E-state index in [0.29, 0.717) is 54.0 Å².